The number of carbonyl (C=O) groups is 2. The summed E-state index contributed by atoms with van der Waals surface area (Å²) in [6.45, 7) is 2.36. The number of methoxy groups -OCH3 is 1. The zero-order valence-corrected chi connectivity index (χ0v) is 16.0. The number of amides is 1. The van der Waals surface area contributed by atoms with Crippen LogP contribution in [0, 0.1) is 0 Å². The van der Waals surface area contributed by atoms with Crippen molar-refractivity contribution in [1.29, 1.82) is 0 Å². The summed E-state index contributed by atoms with van der Waals surface area (Å²) >= 11 is 0. The van der Waals surface area contributed by atoms with Crippen LogP contribution < -0.4 is 15.4 Å². The minimum absolute atomic E-state index is 0.243. The van der Waals surface area contributed by atoms with Crippen molar-refractivity contribution in [3.63, 3.8) is 0 Å². The van der Waals surface area contributed by atoms with Crippen molar-refractivity contribution in [2.24, 2.45) is 0 Å². The summed E-state index contributed by atoms with van der Waals surface area (Å²) in [5.41, 5.74) is 1.70. The molecule has 0 fully saturated rings. The molecule has 1 amide bonds. The molecule has 0 saturated carbocycles. The fraction of sp³-hybridized carbons (Fsp3) is 0.143. The summed E-state index contributed by atoms with van der Waals surface area (Å²) < 4.78 is 10.3. The van der Waals surface area contributed by atoms with Gasteiger partial charge in [0.05, 0.1) is 36.2 Å². The van der Waals surface area contributed by atoms with Crippen LogP contribution in [0.3, 0.4) is 0 Å². The Balaban J connectivity index is 1.73. The van der Waals surface area contributed by atoms with Crippen LogP contribution in [0.25, 0.3) is 0 Å². The number of aromatic nitrogens is 2. The maximum absolute atomic E-state index is 12.5. The van der Waals surface area contributed by atoms with E-state index in [9.17, 15) is 9.59 Å². The van der Waals surface area contributed by atoms with Gasteiger partial charge in [-0.1, -0.05) is 24.3 Å². The van der Waals surface area contributed by atoms with Crippen LogP contribution in [0.5, 0.6) is 5.75 Å². The van der Waals surface area contributed by atoms with Crippen molar-refractivity contribution in [3.8, 4) is 5.75 Å². The molecule has 3 aromatic rings. The van der Waals surface area contributed by atoms with Crippen LogP contribution >= 0.6 is 0 Å². The Labute approximate surface area is 167 Å². The highest BCUT2D eigenvalue weighted by Crippen LogP contribution is 2.24. The fourth-order valence-corrected chi connectivity index (χ4v) is 2.56. The first kappa shape index (κ1) is 19.8. The Morgan fingerprint density at radius 3 is 2.31 bits per heavy atom. The number of nitrogens with one attached hydrogen (secondary N) is 2. The molecule has 0 unspecified atom stereocenters. The highest BCUT2D eigenvalue weighted by molar-refractivity contribution is 6.04. The van der Waals surface area contributed by atoms with Gasteiger partial charge in [0.1, 0.15) is 5.75 Å². The number of esters is 1. The molecule has 0 saturated heterocycles. The molecule has 3 rings (SSSR count). The smallest absolute Gasteiger partial charge is 0.339 e. The Morgan fingerprint density at radius 1 is 0.966 bits per heavy atom. The van der Waals surface area contributed by atoms with Crippen molar-refractivity contribution in [3.05, 3.63) is 72.1 Å². The second kappa shape index (κ2) is 9.32. The maximum atomic E-state index is 12.5. The van der Waals surface area contributed by atoms with Gasteiger partial charge in [-0.05, 0) is 31.2 Å². The zero-order chi connectivity index (χ0) is 20.6. The van der Waals surface area contributed by atoms with Gasteiger partial charge in [-0.2, -0.15) is 0 Å². The molecule has 0 aliphatic heterocycles. The van der Waals surface area contributed by atoms with Crippen molar-refractivity contribution >= 4 is 29.2 Å². The summed E-state index contributed by atoms with van der Waals surface area (Å²) in [7, 11) is 1.31. The molecular weight excluding hydrogens is 372 g/mol. The maximum Gasteiger partial charge on any atom is 0.339 e. The third-order valence-corrected chi connectivity index (χ3v) is 3.93. The Hall–Kier alpha value is -3.94. The van der Waals surface area contributed by atoms with E-state index in [0.29, 0.717) is 29.3 Å². The number of nitrogens with zero attached hydrogens (tertiary/aromatic N) is 2. The van der Waals surface area contributed by atoms with Crippen molar-refractivity contribution in [2.75, 3.05) is 24.4 Å². The molecule has 1 heterocycles. The average Bonchev–Trinajstić information content (AvgIpc) is 2.75. The van der Waals surface area contributed by atoms with Gasteiger partial charge in [-0.15, -0.1) is 0 Å². The molecular formula is C21H20N4O4. The van der Waals surface area contributed by atoms with Crippen LogP contribution in [0.1, 0.15) is 27.6 Å². The lowest BCUT2D eigenvalue weighted by Crippen LogP contribution is -2.14. The van der Waals surface area contributed by atoms with E-state index in [1.54, 1.807) is 42.5 Å². The van der Waals surface area contributed by atoms with Crippen molar-refractivity contribution in [1.82, 2.24) is 9.97 Å². The molecule has 2 aromatic carbocycles. The van der Waals surface area contributed by atoms with Gasteiger partial charge in [-0.3, -0.25) is 4.79 Å². The molecule has 8 nitrogen and oxygen atoms in total. The molecule has 0 aliphatic carbocycles. The molecule has 29 heavy (non-hydrogen) atoms. The molecule has 8 heteroatoms. The molecule has 2 N–H and O–H groups in total. The highest BCUT2D eigenvalue weighted by Gasteiger charge is 2.13. The Morgan fingerprint density at radius 2 is 1.62 bits per heavy atom. The summed E-state index contributed by atoms with van der Waals surface area (Å²) in [6.07, 6.45) is 2.80. The van der Waals surface area contributed by atoms with Crippen molar-refractivity contribution in [2.45, 2.75) is 6.92 Å². The summed E-state index contributed by atoms with van der Waals surface area (Å²) in [6, 6.07) is 14.0. The normalized spacial score (nSPS) is 10.1. The first-order chi connectivity index (χ1) is 14.1. The van der Waals surface area contributed by atoms with E-state index in [-0.39, 0.29) is 17.4 Å². The number of carbonyl (C=O) groups excluding carboxylic acids is 2. The monoisotopic (exact) mass is 392 g/mol. The van der Waals surface area contributed by atoms with Gasteiger partial charge < -0.3 is 20.1 Å². The van der Waals surface area contributed by atoms with E-state index >= 15 is 0 Å². The minimum Gasteiger partial charge on any atom is -0.492 e. The van der Waals surface area contributed by atoms with Gasteiger partial charge >= 0.3 is 5.97 Å². The Kier molecular flexibility index (Phi) is 6.36. The summed E-state index contributed by atoms with van der Waals surface area (Å²) in [5, 5.41) is 5.74. The van der Waals surface area contributed by atoms with E-state index in [2.05, 4.69) is 20.6 Å². The summed E-state index contributed by atoms with van der Waals surface area (Å²) in [5.74, 6) is -0.00897. The number of hydrogen-bond donors (Lipinski definition) is 2. The first-order valence-electron chi connectivity index (χ1n) is 8.92. The predicted molar refractivity (Wildman–Crippen MR) is 109 cm³/mol. The molecule has 0 spiro atoms. The predicted octanol–water partition coefficient (Wildman–Crippen LogP) is 3.66. The number of hydrogen-bond acceptors (Lipinski definition) is 7. The highest BCUT2D eigenvalue weighted by atomic mass is 16.5. The van der Waals surface area contributed by atoms with Gasteiger partial charge in [0.15, 0.2) is 0 Å². The second-order valence-corrected chi connectivity index (χ2v) is 5.84. The molecule has 1 aromatic heterocycles. The number of rotatable bonds is 7. The van der Waals surface area contributed by atoms with E-state index in [1.807, 2.05) is 13.0 Å². The SMILES string of the molecule is CCOc1ccccc1NC(=O)c1cnc(Nc2ccccc2C(=O)OC)nc1. The number of anilines is 3. The van der Waals surface area contributed by atoms with E-state index in [0.717, 1.165) is 0 Å². The number of ether oxygens (including phenoxy) is 2. The van der Waals surface area contributed by atoms with Crippen LogP contribution in [0.2, 0.25) is 0 Å². The molecule has 0 radical (unpaired) electrons. The Bertz CT molecular complexity index is 1010. The quantitative estimate of drug-likeness (QED) is 0.592. The largest absolute Gasteiger partial charge is 0.492 e. The molecule has 0 atom stereocenters. The lowest BCUT2D eigenvalue weighted by molar-refractivity contribution is 0.0601. The average molecular weight is 392 g/mol. The standard InChI is InChI=1S/C21H20N4O4/c1-3-29-18-11-7-6-10-17(18)24-19(26)14-12-22-21(23-13-14)25-16-9-5-4-8-15(16)20(27)28-2/h4-13H,3H2,1-2H3,(H,24,26)(H,22,23,25). The topological polar surface area (TPSA) is 102 Å². The lowest BCUT2D eigenvalue weighted by atomic mass is 10.2. The lowest BCUT2D eigenvalue weighted by Gasteiger charge is -2.11. The van der Waals surface area contributed by atoms with Crippen LogP contribution in [0.15, 0.2) is 60.9 Å². The van der Waals surface area contributed by atoms with Gasteiger partial charge in [0.25, 0.3) is 5.91 Å². The van der Waals surface area contributed by atoms with E-state index in [1.165, 1.54) is 19.5 Å². The van der Waals surface area contributed by atoms with Crippen LogP contribution in [-0.4, -0.2) is 35.6 Å². The summed E-state index contributed by atoms with van der Waals surface area (Å²) in [4.78, 5) is 32.7. The number of benzene rings is 2. The third-order valence-electron chi connectivity index (χ3n) is 3.93. The fourth-order valence-electron chi connectivity index (χ4n) is 2.56. The van der Waals surface area contributed by atoms with E-state index in [4.69, 9.17) is 9.47 Å². The third kappa shape index (κ3) is 4.86. The van der Waals surface area contributed by atoms with Crippen molar-refractivity contribution < 1.29 is 19.1 Å². The van der Waals surface area contributed by atoms with Gasteiger partial charge in [0, 0.05) is 12.4 Å². The number of para-hydroxylation sites is 3. The first-order valence-corrected chi connectivity index (χ1v) is 8.92. The van der Waals surface area contributed by atoms with E-state index < -0.39 is 5.97 Å². The zero-order valence-electron chi connectivity index (χ0n) is 16.0. The van der Waals surface area contributed by atoms with Crippen LogP contribution in [0.4, 0.5) is 17.3 Å². The second-order valence-electron chi connectivity index (χ2n) is 5.84. The minimum atomic E-state index is -0.475. The molecule has 0 aliphatic rings. The van der Waals surface area contributed by atoms with Gasteiger partial charge in [0.2, 0.25) is 5.95 Å². The van der Waals surface area contributed by atoms with Crippen LogP contribution in [-0.2, 0) is 4.74 Å². The van der Waals surface area contributed by atoms with Gasteiger partial charge in [-0.25, -0.2) is 14.8 Å². The molecule has 148 valence electrons. The molecule has 0 bridgehead atoms.